The van der Waals surface area contributed by atoms with E-state index in [1.807, 2.05) is 31.2 Å². The standard InChI is InChI=1S/C24H26N6O4/c1-16(17-6-8-18(9-7-17)30-14-25-13-27-30)28-23(31)5-4-10-29-15-26-20-12-22(34-3)21(33-2)11-19(20)24(29)32/h6-9,11-16H,4-5,10H2,1-3H3,(H,28,31)/t16-/m0/s1. The molecule has 176 valence electrons. The molecule has 0 fully saturated rings. The number of rotatable bonds is 9. The number of nitrogens with one attached hydrogen (secondary N) is 1. The largest absolute Gasteiger partial charge is 0.493 e. The quantitative estimate of drug-likeness (QED) is 0.407. The van der Waals surface area contributed by atoms with Gasteiger partial charge in [-0.3, -0.25) is 14.2 Å². The Kier molecular flexibility index (Phi) is 6.86. The van der Waals surface area contributed by atoms with E-state index in [0.717, 1.165) is 11.3 Å². The van der Waals surface area contributed by atoms with E-state index in [1.165, 1.54) is 31.4 Å². The third kappa shape index (κ3) is 4.90. The fourth-order valence-electron chi connectivity index (χ4n) is 3.71. The summed E-state index contributed by atoms with van der Waals surface area (Å²) in [5.41, 5.74) is 2.22. The number of ether oxygens (including phenoxy) is 2. The average molecular weight is 463 g/mol. The Morgan fingerprint density at radius 1 is 1.09 bits per heavy atom. The van der Waals surface area contributed by atoms with Crippen molar-refractivity contribution < 1.29 is 14.3 Å². The van der Waals surface area contributed by atoms with Crippen molar-refractivity contribution in [3.8, 4) is 17.2 Å². The lowest BCUT2D eigenvalue weighted by Crippen LogP contribution is -2.27. The van der Waals surface area contributed by atoms with Gasteiger partial charge in [-0.2, -0.15) is 5.10 Å². The first-order valence-corrected chi connectivity index (χ1v) is 10.9. The SMILES string of the molecule is COc1cc2ncn(CCCC(=O)N[C@@H](C)c3ccc(-n4cncn4)cc3)c(=O)c2cc1OC. The topological polar surface area (TPSA) is 113 Å². The van der Waals surface area contributed by atoms with Gasteiger partial charge in [0.1, 0.15) is 12.7 Å². The van der Waals surface area contributed by atoms with E-state index in [0.29, 0.717) is 35.4 Å². The lowest BCUT2D eigenvalue weighted by atomic mass is 10.1. The van der Waals surface area contributed by atoms with Gasteiger partial charge in [-0.05, 0) is 37.1 Å². The van der Waals surface area contributed by atoms with Crippen LogP contribution in [0.4, 0.5) is 0 Å². The highest BCUT2D eigenvalue weighted by Crippen LogP contribution is 2.29. The van der Waals surface area contributed by atoms with Crippen molar-refractivity contribution >= 4 is 16.8 Å². The van der Waals surface area contributed by atoms with Crippen LogP contribution in [-0.2, 0) is 11.3 Å². The van der Waals surface area contributed by atoms with Gasteiger partial charge >= 0.3 is 0 Å². The normalized spacial score (nSPS) is 11.9. The zero-order valence-corrected chi connectivity index (χ0v) is 19.3. The molecule has 0 bridgehead atoms. The van der Waals surface area contributed by atoms with Gasteiger partial charge in [-0.15, -0.1) is 0 Å². The maximum absolute atomic E-state index is 12.9. The zero-order chi connectivity index (χ0) is 24.1. The molecule has 0 saturated heterocycles. The molecule has 4 rings (SSSR count). The first-order chi connectivity index (χ1) is 16.5. The molecule has 2 aromatic carbocycles. The molecule has 0 spiro atoms. The summed E-state index contributed by atoms with van der Waals surface area (Å²) in [6, 6.07) is 10.9. The van der Waals surface area contributed by atoms with Crippen LogP contribution in [0.3, 0.4) is 0 Å². The monoisotopic (exact) mass is 462 g/mol. The number of benzene rings is 2. The van der Waals surface area contributed by atoms with Gasteiger partial charge in [-0.1, -0.05) is 12.1 Å². The number of carbonyl (C=O) groups excluding carboxylic acids is 1. The second kappa shape index (κ2) is 10.2. The molecule has 0 aliphatic heterocycles. The van der Waals surface area contributed by atoms with E-state index >= 15 is 0 Å². The predicted octanol–water partition coefficient (Wildman–Crippen LogP) is 2.65. The van der Waals surface area contributed by atoms with Crippen molar-refractivity contribution in [1.82, 2.24) is 29.6 Å². The van der Waals surface area contributed by atoms with Crippen molar-refractivity contribution in [2.24, 2.45) is 0 Å². The van der Waals surface area contributed by atoms with E-state index < -0.39 is 0 Å². The number of amides is 1. The second-order valence-electron chi connectivity index (χ2n) is 7.79. The molecule has 1 atom stereocenters. The van der Waals surface area contributed by atoms with E-state index in [9.17, 15) is 9.59 Å². The molecule has 10 nitrogen and oxygen atoms in total. The summed E-state index contributed by atoms with van der Waals surface area (Å²) in [6.07, 6.45) is 5.40. The summed E-state index contributed by atoms with van der Waals surface area (Å²) in [6.45, 7) is 2.31. The maximum Gasteiger partial charge on any atom is 0.261 e. The van der Waals surface area contributed by atoms with E-state index in [1.54, 1.807) is 23.1 Å². The Hall–Kier alpha value is -4.21. The lowest BCUT2D eigenvalue weighted by molar-refractivity contribution is -0.121. The van der Waals surface area contributed by atoms with Gasteiger partial charge in [0.05, 0.1) is 43.2 Å². The molecule has 2 heterocycles. The van der Waals surface area contributed by atoms with E-state index in [-0.39, 0.29) is 23.9 Å². The number of fused-ring (bicyclic) bond motifs is 1. The molecule has 2 aromatic heterocycles. The number of aromatic nitrogens is 5. The molecule has 1 amide bonds. The van der Waals surface area contributed by atoms with E-state index in [2.05, 4.69) is 20.4 Å². The summed E-state index contributed by atoms with van der Waals surface area (Å²) in [7, 11) is 3.05. The molecular weight excluding hydrogens is 436 g/mol. The summed E-state index contributed by atoms with van der Waals surface area (Å²) in [5, 5.41) is 7.54. The number of aryl methyl sites for hydroxylation is 1. The molecule has 0 radical (unpaired) electrons. The summed E-state index contributed by atoms with van der Waals surface area (Å²) >= 11 is 0. The van der Waals surface area contributed by atoms with Gasteiger partial charge in [0.15, 0.2) is 11.5 Å². The minimum atomic E-state index is -0.188. The minimum absolute atomic E-state index is 0.0824. The van der Waals surface area contributed by atoms with Gasteiger partial charge in [0, 0.05) is 19.0 Å². The molecule has 4 aromatic rings. The van der Waals surface area contributed by atoms with Gasteiger partial charge in [-0.25, -0.2) is 14.6 Å². The van der Waals surface area contributed by atoms with Crippen LogP contribution in [0, 0.1) is 0 Å². The highest BCUT2D eigenvalue weighted by molar-refractivity contribution is 5.81. The molecular formula is C24H26N6O4. The average Bonchev–Trinajstić information content (AvgIpc) is 3.40. The van der Waals surface area contributed by atoms with Crippen molar-refractivity contribution in [2.75, 3.05) is 14.2 Å². The molecule has 0 aliphatic carbocycles. The van der Waals surface area contributed by atoms with Crippen LogP contribution < -0.4 is 20.3 Å². The smallest absolute Gasteiger partial charge is 0.261 e. The highest BCUT2D eigenvalue weighted by atomic mass is 16.5. The first-order valence-electron chi connectivity index (χ1n) is 10.9. The highest BCUT2D eigenvalue weighted by Gasteiger charge is 2.13. The Balaban J connectivity index is 1.34. The molecule has 0 aliphatic rings. The van der Waals surface area contributed by atoms with Crippen LogP contribution in [0.2, 0.25) is 0 Å². The van der Waals surface area contributed by atoms with Crippen molar-refractivity contribution in [2.45, 2.75) is 32.4 Å². The molecule has 0 unspecified atom stereocenters. The number of carbonyl (C=O) groups is 1. The summed E-state index contributed by atoms with van der Waals surface area (Å²) < 4.78 is 13.7. The Bertz CT molecular complexity index is 1330. The summed E-state index contributed by atoms with van der Waals surface area (Å²) in [4.78, 5) is 33.6. The number of hydrogen-bond acceptors (Lipinski definition) is 7. The molecule has 0 saturated carbocycles. The number of hydrogen-bond donors (Lipinski definition) is 1. The van der Waals surface area contributed by atoms with Gasteiger partial charge in [0.25, 0.3) is 5.56 Å². The molecule has 10 heteroatoms. The second-order valence-corrected chi connectivity index (χ2v) is 7.79. The van der Waals surface area contributed by atoms with Gasteiger partial charge < -0.3 is 14.8 Å². The Morgan fingerprint density at radius 3 is 2.50 bits per heavy atom. The summed E-state index contributed by atoms with van der Waals surface area (Å²) in [5.74, 6) is 0.897. The fraction of sp³-hybridized carbons (Fsp3) is 0.292. The fourth-order valence-corrected chi connectivity index (χ4v) is 3.71. The molecule has 1 N–H and O–H groups in total. The van der Waals surface area contributed by atoms with E-state index in [4.69, 9.17) is 9.47 Å². The zero-order valence-electron chi connectivity index (χ0n) is 19.3. The molecule has 34 heavy (non-hydrogen) atoms. The minimum Gasteiger partial charge on any atom is -0.493 e. The van der Waals surface area contributed by atoms with Crippen LogP contribution in [-0.4, -0.2) is 44.4 Å². The van der Waals surface area contributed by atoms with Crippen molar-refractivity contribution in [3.63, 3.8) is 0 Å². The first kappa shape index (κ1) is 23.0. The van der Waals surface area contributed by atoms with Crippen molar-refractivity contribution in [1.29, 1.82) is 0 Å². The van der Waals surface area contributed by atoms with Crippen LogP contribution in [0.15, 0.2) is 60.2 Å². The number of methoxy groups -OCH3 is 2. The maximum atomic E-state index is 12.9. The van der Waals surface area contributed by atoms with Crippen LogP contribution in [0.5, 0.6) is 11.5 Å². The van der Waals surface area contributed by atoms with Crippen LogP contribution in [0.1, 0.15) is 31.4 Å². The third-order valence-electron chi connectivity index (χ3n) is 5.59. The predicted molar refractivity (Wildman–Crippen MR) is 126 cm³/mol. The Labute approximate surface area is 196 Å². The Morgan fingerprint density at radius 2 is 1.82 bits per heavy atom. The number of nitrogens with zero attached hydrogens (tertiary/aromatic N) is 5. The van der Waals surface area contributed by atoms with Crippen molar-refractivity contribution in [3.05, 3.63) is 71.3 Å². The van der Waals surface area contributed by atoms with Crippen LogP contribution in [0.25, 0.3) is 16.6 Å². The lowest BCUT2D eigenvalue weighted by Gasteiger charge is -2.15. The third-order valence-corrected chi connectivity index (χ3v) is 5.59. The van der Waals surface area contributed by atoms with Crippen LogP contribution >= 0.6 is 0 Å². The van der Waals surface area contributed by atoms with Gasteiger partial charge in [0.2, 0.25) is 5.91 Å².